The zero-order chi connectivity index (χ0) is 17.5. The maximum Gasteiger partial charge on any atom is 0.326 e. The smallest absolute Gasteiger partial charge is 0.326 e. The second-order valence-electron chi connectivity index (χ2n) is 6.12. The van der Waals surface area contributed by atoms with Crippen LogP contribution >= 0.6 is 0 Å². The molecule has 1 amide bonds. The van der Waals surface area contributed by atoms with Crippen LogP contribution in [-0.4, -0.2) is 23.0 Å². The Labute approximate surface area is 142 Å². The molecule has 126 valence electrons. The van der Waals surface area contributed by atoms with Crippen LogP contribution in [0.2, 0.25) is 0 Å². The van der Waals surface area contributed by atoms with E-state index in [2.05, 4.69) is 5.32 Å². The third-order valence-corrected chi connectivity index (χ3v) is 3.89. The molecule has 4 heteroatoms. The Morgan fingerprint density at radius 3 is 2.25 bits per heavy atom. The van der Waals surface area contributed by atoms with Crippen LogP contribution in [0.15, 0.2) is 48.5 Å². The van der Waals surface area contributed by atoms with Crippen molar-refractivity contribution in [2.24, 2.45) is 0 Å². The highest BCUT2D eigenvalue weighted by molar-refractivity contribution is 5.96. The van der Waals surface area contributed by atoms with Crippen LogP contribution in [0.25, 0.3) is 0 Å². The summed E-state index contributed by atoms with van der Waals surface area (Å²) >= 11 is 0. The van der Waals surface area contributed by atoms with Gasteiger partial charge in [-0.15, -0.1) is 0 Å². The topological polar surface area (TPSA) is 66.4 Å². The third kappa shape index (κ3) is 5.23. The van der Waals surface area contributed by atoms with Crippen molar-refractivity contribution in [3.05, 3.63) is 70.8 Å². The second kappa shape index (κ2) is 8.29. The molecule has 0 fully saturated rings. The van der Waals surface area contributed by atoms with Gasteiger partial charge in [0, 0.05) is 5.56 Å². The van der Waals surface area contributed by atoms with E-state index < -0.39 is 12.0 Å². The molecule has 0 unspecified atom stereocenters. The molecule has 0 aliphatic carbocycles. The lowest BCUT2D eigenvalue weighted by atomic mass is 10.0. The van der Waals surface area contributed by atoms with Gasteiger partial charge in [0.1, 0.15) is 6.04 Å². The molecule has 2 aromatic rings. The standard InChI is InChI=1S/C20H23NO3/c1-14-11-15(2)13-17(12-14)19(22)21-18(20(23)24)10-6-9-16-7-4-3-5-8-16/h3-5,7-8,11-13,18H,6,9-10H2,1-2H3,(H,21,22)(H,23,24)/t18-/m1/s1. The van der Waals surface area contributed by atoms with Gasteiger partial charge in [0.05, 0.1) is 0 Å². The fourth-order valence-electron chi connectivity index (χ4n) is 2.76. The molecular formula is C20H23NO3. The molecule has 0 aromatic heterocycles. The monoisotopic (exact) mass is 325 g/mol. The minimum atomic E-state index is -0.999. The van der Waals surface area contributed by atoms with Crippen LogP contribution in [0.3, 0.4) is 0 Å². The predicted molar refractivity (Wildman–Crippen MR) is 94.2 cm³/mol. The lowest BCUT2D eigenvalue weighted by Crippen LogP contribution is -2.40. The minimum absolute atomic E-state index is 0.339. The lowest BCUT2D eigenvalue weighted by Gasteiger charge is -2.15. The number of rotatable bonds is 7. The SMILES string of the molecule is Cc1cc(C)cc(C(=O)N[C@H](CCCc2ccccc2)C(=O)O)c1. The molecule has 1 atom stereocenters. The summed E-state index contributed by atoms with van der Waals surface area (Å²) in [5.41, 5.74) is 3.64. The van der Waals surface area contributed by atoms with Gasteiger partial charge in [0.2, 0.25) is 0 Å². The number of carbonyl (C=O) groups is 2. The highest BCUT2D eigenvalue weighted by atomic mass is 16.4. The molecule has 0 saturated carbocycles. The number of hydrogen-bond donors (Lipinski definition) is 2. The van der Waals surface area contributed by atoms with Gasteiger partial charge < -0.3 is 10.4 Å². The van der Waals surface area contributed by atoms with Crippen molar-refractivity contribution in [2.45, 2.75) is 39.2 Å². The van der Waals surface area contributed by atoms with Gasteiger partial charge in [-0.25, -0.2) is 4.79 Å². The van der Waals surface area contributed by atoms with E-state index >= 15 is 0 Å². The number of carboxylic acids is 1. The Balaban J connectivity index is 1.95. The molecule has 0 saturated heterocycles. The number of aliphatic carboxylic acids is 1. The fourth-order valence-corrected chi connectivity index (χ4v) is 2.76. The van der Waals surface area contributed by atoms with E-state index in [0.29, 0.717) is 18.4 Å². The molecule has 0 aliphatic heterocycles. The van der Waals surface area contributed by atoms with Crippen LogP contribution in [0, 0.1) is 13.8 Å². The molecule has 0 spiro atoms. The summed E-state index contributed by atoms with van der Waals surface area (Å²) in [5.74, 6) is -1.34. The Hall–Kier alpha value is -2.62. The highest BCUT2D eigenvalue weighted by Crippen LogP contribution is 2.11. The largest absolute Gasteiger partial charge is 0.480 e. The number of nitrogens with one attached hydrogen (secondary N) is 1. The zero-order valence-electron chi connectivity index (χ0n) is 14.1. The summed E-state index contributed by atoms with van der Waals surface area (Å²) in [4.78, 5) is 23.8. The molecule has 0 aliphatic rings. The van der Waals surface area contributed by atoms with E-state index in [1.807, 2.05) is 50.2 Å². The summed E-state index contributed by atoms with van der Waals surface area (Å²) < 4.78 is 0. The number of amides is 1. The van der Waals surface area contributed by atoms with Crippen molar-refractivity contribution < 1.29 is 14.7 Å². The average Bonchev–Trinajstić information content (AvgIpc) is 2.53. The number of aryl methyl sites for hydroxylation is 3. The van der Waals surface area contributed by atoms with Gasteiger partial charge in [-0.05, 0) is 50.8 Å². The van der Waals surface area contributed by atoms with Gasteiger partial charge in [-0.3, -0.25) is 4.79 Å². The van der Waals surface area contributed by atoms with Crippen molar-refractivity contribution in [1.29, 1.82) is 0 Å². The Morgan fingerprint density at radius 2 is 1.67 bits per heavy atom. The predicted octanol–water partition coefficient (Wildman–Crippen LogP) is 3.51. The normalized spacial score (nSPS) is 11.8. The van der Waals surface area contributed by atoms with Crippen LogP contribution in [0.1, 0.15) is 39.9 Å². The van der Waals surface area contributed by atoms with Gasteiger partial charge in [0.25, 0.3) is 5.91 Å². The van der Waals surface area contributed by atoms with Crippen molar-refractivity contribution in [2.75, 3.05) is 0 Å². The number of benzene rings is 2. The van der Waals surface area contributed by atoms with E-state index in [1.54, 1.807) is 12.1 Å². The number of hydrogen-bond acceptors (Lipinski definition) is 2. The van der Waals surface area contributed by atoms with E-state index in [1.165, 1.54) is 5.56 Å². The number of carbonyl (C=O) groups excluding carboxylic acids is 1. The Morgan fingerprint density at radius 1 is 1.04 bits per heavy atom. The van der Waals surface area contributed by atoms with Gasteiger partial charge >= 0.3 is 5.97 Å². The average molecular weight is 325 g/mol. The first-order valence-corrected chi connectivity index (χ1v) is 8.11. The number of carboxylic acid groups (broad SMARTS) is 1. The third-order valence-electron chi connectivity index (χ3n) is 3.89. The highest BCUT2D eigenvalue weighted by Gasteiger charge is 2.20. The van der Waals surface area contributed by atoms with Crippen molar-refractivity contribution in [1.82, 2.24) is 5.32 Å². The lowest BCUT2D eigenvalue weighted by molar-refractivity contribution is -0.139. The summed E-state index contributed by atoms with van der Waals surface area (Å²) in [7, 11) is 0. The fraction of sp³-hybridized carbons (Fsp3) is 0.300. The molecule has 0 radical (unpaired) electrons. The summed E-state index contributed by atoms with van der Waals surface area (Å²) in [6.07, 6.45) is 1.90. The zero-order valence-corrected chi connectivity index (χ0v) is 14.1. The van der Waals surface area contributed by atoms with Crippen LogP contribution in [0.5, 0.6) is 0 Å². The van der Waals surface area contributed by atoms with Gasteiger partial charge in [-0.1, -0.05) is 47.5 Å². The van der Waals surface area contributed by atoms with Crippen molar-refractivity contribution >= 4 is 11.9 Å². The molecule has 2 aromatic carbocycles. The molecule has 0 bridgehead atoms. The quantitative estimate of drug-likeness (QED) is 0.818. The van der Waals surface area contributed by atoms with Crippen molar-refractivity contribution in [3.63, 3.8) is 0 Å². The van der Waals surface area contributed by atoms with Crippen LogP contribution in [-0.2, 0) is 11.2 Å². The molecule has 24 heavy (non-hydrogen) atoms. The van der Waals surface area contributed by atoms with Crippen LogP contribution < -0.4 is 5.32 Å². The van der Waals surface area contributed by atoms with Crippen molar-refractivity contribution in [3.8, 4) is 0 Å². The maximum absolute atomic E-state index is 12.3. The van der Waals surface area contributed by atoms with Gasteiger partial charge in [0.15, 0.2) is 0 Å². The molecule has 4 nitrogen and oxygen atoms in total. The van der Waals surface area contributed by atoms with E-state index in [9.17, 15) is 14.7 Å². The van der Waals surface area contributed by atoms with E-state index in [-0.39, 0.29) is 5.91 Å². The molecule has 2 N–H and O–H groups in total. The summed E-state index contributed by atoms with van der Waals surface area (Å²) in [6, 6.07) is 14.6. The Kier molecular flexibility index (Phi) is 6.13. The minimum Gasteiger partial charge on any atom is -0.480 e. The molecular weight excluding hydrogens is 302 g/mol. The first-order chi connectivity index (χ1) is 11.5. The summed E-state index contributed by atoms with van der Waals surface area (Å²) in [5, 5.41) is 12.0. The van der Waals surface area contributed by atoms with E-state index in [0.717, 1.165) is 17.5 Å². The first-order valence-electron chi connectivity index (χ1n) is 8.11. The second-order valence-corrected chi connectivity index (χ2v) is 6.12. The summed E-state index contributed by atoms with van der Waals surface area (Å²) in [6.45, 7) is 3.83. The molecule has 0 heterocycles. The first kappa shape index (κ1) is 17.7. The van der Waals surface area contributed by atoms with Gasteiger partial charge in [-0.2, -0.15) is 0 Å². The Bertz CT molecular complexity index is 690. The molecule has 2 rings (SSSR count). The van der Waals surface area contributed by atoms with Crippen LogP contribution in [0.4, 0.5) is 0 Å². The maximum atomic E-state index is 12.3. The van der Waals surface area contributed by atoms with E-state index in [4.69, 9.17) is 0 Å².